The smallest absolute Gasteiger partial charge is 0.265 e. The summed E-state index contributed by atoms with van der Waals surface area (Å²) in [5.74, 6) is -0.541. The molecule has 6 aromatic carbocycles. The number of aromatic nitrogens is 1. The average Bonchev–Trinajstić information content (AvgIpc) is 3.40. The van der Waals surface area contributed by atoms with Crippen LogP contribution in [0.3, 0.4) is 0 Å². The molecular weight excluding hydrogens is 601 g/mol. The summed E-state index contributed by atoms with van der Waals surface area (Å²) >= 11 is 0. The molecule has 0 unspecified atom stereocenters. The molecule has 3 heterocycles. The molecule has 0 fully saturated rings. The van der Waals surface area contributed by atoms with Gasteiger partial charge in [0.15, 0.2) is 0 Å². The maximum absolute atomic E-state index is 14.6. The number of hydrogen-bond donors (Lipinski definition) is 0. The van der Waals surface area contributed by atoms with Crippen molar-refractivity contribution in [1.29, 1.82) is 0 Å². The van der Waals surface area contributed by atoms with Crippen LogP contribution in [0.25, 0.3) is 59.9 Å². The lowest BCUT2D eigenvalue weighted by atomic mass is 9.80. The fourth-order valence-electron chi connectivity index (χ4n) is 8.33. The third kappa shape index (κ3) is 4.04. The molecular formula is C45H38N2O2. The molecule has 0 radical (unpaired) electrons. The predicted molar refractivity (Wildman–Crippen MR) is 204 cm³/mol. The molecule has 0 bridgehead atoms. The fraction of sp³-hybridized carbons (Fsp3) is 0.200. The minimum Gasteiger partial charge on any atom is -0.316 e. The van der Waals surface area contributed by atoms with Gasteiger partial charge in [-0.2, -0.15) is 0 Å². The Labute approximate surface area is 285 Å². The second kappa shape index (κ2) is 9.79. The van der Waals surface area contributed by atoms with Crippen LogP contribution in [-0.4, -0.2) is 16.2 Å². The van der Waals surface area contributed by atoms with Gasteiger partial charge in [-0.05, 0) is 109 Å². The third-order valence-corrected chi connectivity index (χ3v) is 10.7. The van der Waals surface area contributed by atoms with E-state index in [2.05, 4.69) is 144 Å². The first-order valence-electron chi connectivity index (χ1n) is 17.1. The Bertz CT molecular complexity index is 2660. The molecule has 0 saturated carbocycles. The minimum atomic E-state index is -0.274. The van der Waals surface area contributed by atoms with Crippen LogP contribution < -0.4 is 4.90 Å². The van der Waals surface area contributed by atoms with E-state index in [1.807, 2.05) is 12.1 Å². The summed E-state index contributed by atoms with van der Waals surface area (Å²) in [6, 6.07) is 33.9. The van der Waals surface area contributed by atoms with Crippen LogP contribution in [0.2, 0.25) is 0 Å². The molecule has 0 saturated heterocycles. The van der Waals surface area contributed by atoms with E-state index in [0.717, 1.165) is 43.4 Å². The zero-order valence-corrected chi connectivity index (χ0v) is 29.0. The van der Waals surface area contributed by atoms with Crippen LogP contribution in [0.5, 0.6) is 0 Å². The normalized spacial score (nSPS) is 14.1. The van der Waals surface area contributed by atoms with Gasteiger partial charge in [0.1, 0.15) is 0 Å². The van der Waals surface area contributed by atoms with Gasteiger partial charge < -0.3 is 4.40 Å². The number of hydrogen-bond acceptors (Lipinski definition) is 2. The van der Waals surface area contributed by atoms with Crippen LogP contribution in [-0.2, 0) is 10.8 Å². The highest BCUT2D eigenvalue weighted by Gasteiger charge is 2.38. The number of carbonyl (C=O) groups is 2. The van der Waals surface area contributed by atoms with Gasteiger partial charge in [0.2, 0.25) is 0 Å². The molecule has 1 aliphatic rings. The summed E-state index contributed by atoms with van der Waals surface area (Å²) < 4.78 is 2.27. The summed E-state index contributed by atoms with van der Waals surface area (Å²) in [5, 5.41) is 8.48. The summed E-state index contributed by atoms with van der Waals surface area (Å²) in [4.78, 5) is 30.7. The summed E-state index contributed by atoms with van der Waals surface area (Å²) in [5.41, 5.74) is 8.22. The van der Waals surface area contributed by atoms with Gasteiger partial charge in [-0.1, -0.05) is 102 Å². The number of rotatable bonds is 2. The Kier molecular flexibility index (Phi) is 5.92. The van der Waals surface area contributed by atoms with E-state index < -0.39 is 0 Å². The summed E-state index contributed by atoms with van der Waals surface area (Å²) in [6.45, 7) is 15.0. The second-order valence-corrected chi connectivity index (χ2v) is 15.8. The monoisotopic (exact) mass is 638 g/mol. The molecule has 8 aromatic rings. The molecule has 0 spiro atoms. The maximum atomic E-state index is 14.6. The topological polar surface area (TPSA) is 41.8 Å². The van der Waals surface area contributed by atoms with Gasteiger partial charge in [-0.3, -0.25) is 9.59 Å². The number of carbonyl (C=O) groups excluding carboxylic acids is 2. The molecule has 4 heteroatoms. The molecule has 0 atom stereocenters. The molecule has 9 rings (SSSR count). The van der Waals surface area contributed by atoms with E-state index in [1.54, 1.807) is 0 Å². The van der Waals surface area contributed by atoms with Crippen LogP contribution in [0, 0.1) is 6.92 Å². The Balaban J connectivity index is 1.31. The Morgan fingerprint density at radius 3 is 1.80 bits per heavy atom. The van der Waals surface area contributed by atoms with Crippen molar-refractivity contribution in [3.8, 4) is 11.3 Å². The van der Waals surface area contributed by atoms with E-state index in [4.69, 9.17) is 0 Å². The van der Waals surface area contributed by atoms with E-state index in [0.29, 0.717) is 16.8 Å². The van der Waals surface area contributed by atoms with Crippen LogP contribution in [0.15, 0.2) is 103 Å². The van der Waals surface area contributed by atoms with Gasteiger partial charge in [-0.25, -0.2) is 4.90 Å². The number of fused-ring (bicyclic) bond motifs is 3. The van der Waals surface area contributed by atoms with Crippen molar-refractivity contribution < 1.29 is 9.59 Å². The van der Waals surface area contributed by atoms with Crippen molar-refractivity contribution in [1.82, 2.24) is 4.40 Å². The third-order valence-electron chi connectivity index (χ3n) is 10.7. The molecule has 1 aliphatic heterocycles. The first-order valence-corrected chi connectivity index (χ1v) is 17.1. The lowest BCUT2D eigenvalue weighted by Gasteiger charge is -2.34. The van der Waals surface area contributed by atoms with Crippen molar-refractivity contribution in [2.75, 3.05) is 4.90 Å². The minimum absolute atomic E-state index is 0.145. The van der Waals surface area contributed by atoms with Crippen LogP contribution in [0.4, 0.5) is 5.69 Å². The Morgan fingerprint density at radius 2 is 1.14 bits per heavy atom. The Morgan fingerprint density at radius 1 is 0.531 bits per heavy atom. The van der Waals surface area contributed by atoms with Crippen molar-refractivity contribution in [2.24, 2.45) is 0 Å². The predicted octanol–water partition coefficient (Wildman–Crippen LogP) is 11.4. The molecule has 49 heavy (non-hydrogen) atoms. The highest BCUT2D eigenvalue weighted by atomic mass is 16.2. The second-order valence-electron chi connectivity index (χ2n) is 15.8. The summed E-state index contributed by atoms with van der Waals surface area (Å²) in [7, 11) is 0. The maximum Gasteiger partial charge on any atom is 0.265 e. The van der Waals surface area contributed by atoms with Crippen LogP contribution >= 0.6 is 0 Å². The molecule has 2 aromatic heterocycles. The molecule has 0 aliphatic carbocycles. The number of aryl methyl sites for hydroxylation is 1. The van der Waals surface area contributed by atoms with Gasteiger partial charge in [-0.15, -0.1) is 0 Å². The van der Waals surface area contributed by atoms with Gasteiger partial charge >= 0.3 is 0 Å². The first kappa shape index (κ1) is 29.6. The van der Waals surface area contributed by atoms with Gasteiger partial charge in [0.05, 0.1) is 11.4 Å². The number of amides is 2. The Hall–Kier alpha value is -5.48. The summed E-state index contributed by atoms with van der Waals surface area (Å²) in [6.07, 6.45) is 2.13. The number of benzene rings is 6. The average molecular weight is 639 g/mol. The standard InChI is InChI=1S/C45H38N2O2/c1-25-23-27-11-8-9-22-46(27)41(25)33-18-15-30-32-17-20-35-40-34(19-16-31(39(32)40)28-12-10-13-29(33)38(28)30)42(48)47(43(35)49)37-24-26(44(2,3)4)14-21-36(37)45(5,6)7/h8-24H,1-7H3. The molecule has 2 amide bonds. The lowest BCUT2D eigenvalue weighted by Crippen LogP contribution is -2.42. The van der Waals surface area contributed by atoms with E-state index >= 15 is 0 Å². The van der Waals surface area contributed by atoms with Crippen molar-refractivity contribution in [2.45, 2.75) is 59.3 Å². The van der Waals surface area contributed by atoms with E-state index in [9.17, 15) is 9.59 Å². The van der Waals surface area contributed by atoms with Crippen molar-refractivity contribution in [3.05, 3.63) is 131 Å². The van der Waals surface area contributed by atoms with Crippen molar-refractivity contribution >= 4 is 66.1 Å². The van der Waals surface area contributed by atoms with Crippen LogP contribution in [0.1, 0.15) is 78.9 Å². The van der Waals surface area contributed by atoms with Gasteiger partial charge in [0, 0.05) is 33.8 Å². The fourth-order valence-corrected chi connectivity index (χ4v) is 8.33. The van der Waals surface area contributed by atoms with E-state index in [1.165, 1.54) is 38.0 Å². The number of imide groups is 1. The number of nitrogens with zero attached hydrogens (tertiary/aromatic N) is 2. The van der Waals surface area contributed by atoms with E-state index in [-0.39, 0.29) is 22.6 Å². The number of anilines is 1. The highest BCUT2D eigenvalue weighted by molar-refractivity contribution is 6.42. The molecule has 0 N–H and O–H groups in total. The van der Waals surface area contributed by atoms with Gasteiger partial charge in [0.25, 0.3) is 11.8 Å². The largest absolute Gasteiger partial charge is 0.316 e. The quantitative estimate of drug-likeness (QED) is 0.107. The SMILES string of the molecule is Cc1cc2ccccn2c1-c1ccc2c3ccc4c5c(ccc(c6cccc1c62)c53)C(=O)N(c1cc(C(C)(C)C)ccc1C(C)(C)C)C4=O. The zero-order valence-electron chi connectivity index (χ0n) is 29.0. The highest BCUT2D eigenvalue weighted by Crippen LogP contribution is 2.47. The number of pyridine rings is 1. The zero-order chi connectivity index (χ0) is 34.1. The molecule has 4 nitrogen and oxygen atoms in total. The molecule has 240 valence electrons. The first-order chi connectivity index (χ1) is 23.3. The van der Waals surface area contributed by atoms with Crippen molar-refractivity contribution in [3.63, 3.8) is 0 Å². The lowest BCUT2D eigenvalue weighted by molar-refractivity contribution is 0.0893.